The summed E-state index contributed by atoms with van der Waals surface area (Å²) in [6, 6.07) is 15.5. The SMILES string of the molecule is O=S(=O)(c1ccccc1)c1cc2ccc(CBr)cc2o1. The van der Waals surface area contributed by atoms with Crippen LogP contribution in [0.5, 0.6) is 0 Å². The summed E-state index contributed by atoms with van der Waals surface area (Å²) < 4.78 is 30.4. The van der Waals surface area contributed by atoms with Crippen LogP contribution in [0.3, 0.4) is 0 Å². The van der Waals surface area contributed by atoms with Gasteiger partial charge in [-0.2, -0.15) is 0 Å². The molecule has 5 heteroatoms. The smallest absolute Gasteiger partial charge is 0.239 e. The molecule has 102 valence electrons. The molecular formula is C15H11BrO3S. The van der Waals surface area contributed by atoms with Gasteiger partial charge in [0.15, 0.2) is 0 Å². The number of benzene rings is 2. The molecule has 1 heterocycles. The van der Waals surface area contributed by atoms with Crippen molar-refractivity contribution in [1.82, 2.24) is 0 Å². The van der Waals surface area contributed by atoms with Crippen molar-refractivity contribution >= 4 is 36.7 Å². The van der Waals surface area contributed by atoms with Crippen LogP contribution in [0.2, 0.25) is 0 Å². The molecular weight excluding hydrogens is 340 g/mol. The average Bonchev–Trinajstić information content (AvgIpc) is 2.91. The largest absolute Gasteiger partial charge is 0.444 e. The maximum Gasteiger partial charge on any atom is 0.239 e. The summed E-state index contributed by atoms with van der Waals surface area (Å²) >= 11 is 3.37. The Labute approximate surface area is 125 Å². The zero-order valence-electron chi connectivity index (χ0n) is 10.4. The van der Waals surface area contributed by atoms with E-state index in [0.717, 1.165) is 10.9 Å². The van der Waals surface area contributed by atoms with Crippen molar-refractivity contribution in [2.24, 2.45) is 0 Å². The van der Waals surface area contributed by atoms with Gasteiger partial charge in [-0.15, -0.1) is 0 Å². The number of halogens is 1. The van der Waals surface area contributed by atoms with Gasteiger partial charge in [-0.25, -0.2) is 8.42 Å². The standard InChI is InChI=1S/C15H11BrO3S/c16-10-11-6-7-12-9-15(19-14(12)8-11)20(17,18)13-4-2-1-3-5-13/h1-9H,10H2. The first-order valence-corrected chi connectivity index (χ1v) is 8.60. The number of fused-ring (bicyclic) bond motifs is 1. The van der Waals surface area contributed by atoms with Crippen LogP contribution in [0.15, 0.2) is 69.0 Å². The Kier molecular flexibility index (Phi) is 3.40. The van der Waals surface area contributed by atoms with Gasteiger partial charge in [0.25, 0.3) is 0 Å². The summed E-state index contributed by atoms with van der Waals surface area (Å²) in [6.07, 6.45) is 0. The normalized spacial score (nSPS) is 11.8. The van der Waals surface area contributed by atoms with E-state index in [-0.39, 0.29) is 9.99 Å². The van der Waals surface area contributed by atoms with E-state index in [1.807, 2.05) is 18.2 Å². The zero-order chi connectivity index (χ0) is 14.2. The minimum Gasteiger partial charge on any atom is -0.444 e. The summed E-state index contributed by atoms with van der Waals surface area (Å²) in [6.45, 7) is 0. The van der Waals surface area contributed by atoms with E-state index in [2.05, 4.69) is 15.9 Å². The maximum absolute atomic E-state index is 12.5. The molecule has 3 aromatic rings. The number of rotatable bonds is 3. The van der Waals surface area contributed by atoms with E-state index >= 15 is 0 Å². The summed E-state index contributed by atoms with van der Waals surface area (Å²) in [4.78, 5) is 0.236. The Bertz CT molecular complexity index is 851. The van der Waals surface area contributed by atoms with Gasteiger partial charge >= 0.3 is 0 Å². The Morgan fingerprint density at radius 3 is 2.45 bits per heavy atom. The third-order valence-electron chi connectivity index (χ3n) is 3.03. The van der Waals surface area contributed by atoms with Crippen molar-refractivity contribution in [3.8, 4) is 0 Å². The van der Waals surface area contributed by atoms with Gasteiger partial charge in [0.2, 0.25) is 14.9 Å². The molecule has 3 rings (SSSR count). The van der Waals surface area contributed by atoms with Crippen LogP contribution in [-0.4, -0.2) is 8.42 Å². The highest BCUT2D eigenvalue weighted by Gasteiger charge is 2.22. The molecule has 2 aromatic carbocycles. The molecule has 0 N–H and O–H groups in total. The van der Waals surface area contributed by atoms with Gasteiger partial charge in [0, 0.05) is 16.8 Å². The molecule has 0 aliphatic rings. The molecule has 0 unspecified atom stereocenters. The molecule has 0 radical (unpaired) electrons. The number of hydrogen-bond acceptors (Lipinski definition) is 3. The Morgan fingerprint density at radius 1 is 1.00 bits per heavy atom. The van der Waals surface area contributed by atoms with E-state index in [9.17, 15) is 8.42 Å². The monoisotopic (exact) mass is 350 g/mol. The van der Waals surface area contributed by atoms with Crippen molar-refractivity contribution in [3.63, 3.8) is 0 Å². The maximum atomic E-state index is 12.5. The molecule has 3 nitrogen and oxygen atoms in total. The third kappa shape index (κ3) is 2.27. The molecule has 0 aliphatic heterocycles. The molecule has 20 heavy (non-hydrogen) atoms. The lowest BCUT2D eigenvalue weighted by molar-refractivity contribution is 0.481. The number of alkyl halides is 1. The highest BCUT2D eigenvalue weighted by atomic mass is 79.9. The predicted octanol–water partition coefficient (Wildman–Crippen LogP) is 4.16. The van der Waals surface area contributed by atoms with E-state index in [1.54, 1.807) is 36.4 Å². The molecule has 0 spiro atoms. The molecule has 0 aliphatic carbocycles. The Morgan fingerprint density at radius 2 is 1.75 bits per heavy atom. The molecule has 0 amide bonds. The Balaban J connectivity index is 2.15. The van der Waals surface area contributed by atoms with E-state index < -0.39 is 9.84 Å². The van der Waals surface area contributed by atoms with Crippen molar-refractivity contribution in [2.75, 3.05) is 0 Å². The lowest BCUT2D eigenvalue weighted by Gasteiger charge is -1.99. The van der Waals surface area contributed by atoms with E-state index in [1.165, 1.54) is 0 Å². The first-order valence-electron chi connectivity index (χ1n) is 6.00. The van der Waals surface area contributed by atoms with Gasteiger partial charge in [0.05, 0.1) is 4.90 Å². The molecule has 0 bridgehead atoms. The fourth-order valence-corrected chi connectivity index (χ4v) is 3.56. The van der Waals surface area contributed by atoms with Crippen LogP contribution in [0.4, 0.5) is 0 Å². The quantitative estimate of drug-likeness (QED) is 0.666. The van der Waals surface area contributed by atoms with Crippen LogP contribution in [0.25, 0.3) is 11.0 Å². The first kappa shape index (κ1) is 13.4. The minimum absolute atomic E-state index is 0.0228. The van der Waals surface area contributed by atoms with Crippen molar-refractivity contribution < 1.29 is 12.8 Å². The summed E-state index contributed by atoms with van der Waals surface area (Å²) in [5.74, 6) is 0. The van der Waals surface area contributed by atoms with Crippen LogP contribution in [0.1, 0.15) is 5.56 Å². The lowest BCUT2D eigenvalue weighted by atomic mass is 10.2. The fraction of sp³-hybridized carbons (Fsp3) is 0.0667. The van der Waals surface area contributed by atoms with Gasteiger partial charge in [-0.3, -0.25) is 0 Å². The van der Waals surface area contributed by atoms with Gasteiger partial charge in [-0.1, -0.05) is 46.3 Å². The van der Waals surface area contributed by atoms with Gasteiger partial charge in [-0.05, 0) is 23.8 Å². The third-order valence-corrected chi connectivity index (χ3v) is 5.31. The fourth-order valence-electron chi connectivity index (χ4n) is 1.98. The summed E-state index contributed by atoms with van der Waals surface area (Å²) in [7, 11) is -3.60. The van der Waals surface area contributed by atoms with E-state index in [0.29, 0.717) is 10.9 Å². The lowest BCUT2D eigenvalue weighted by Crippen LogP contribution is -1.99. The average molecular weight is 351 g/mol. The second-order valence-electron chi connectivity index (χ2n) is 4.39. The topological polar surface area (TPSA) is 47.3 Å². The van der Waals surface area contributed by atoms with Crippen LogP contribution >= 0.6 is 15.9 Å². The predicted molar refractivity (Wildman–Crippen MR) is 80.7 cm³/mol. The molecule has 0 saturated carbocycles. The van der Waals surface area contributed by atoms with Crippen molar-refractivity contribution in [1.29, 1.82) is 0 Å². The van der Waals surface area contributed by atoms with Crippen molar-refractivity contribution in [2.45, 2.75) is 15.3 Å². The number of sulfone groups is 1. The second kappa shape index (κ2) is 5.07. The Hall–Kier alpha value is -1.59. The van der Waals surface area contributed by atoms with Crippen LogP contribution in [0, 0.1) is 0 Å². The highest BCUT2D eigenvalue weighted by molar-refractivity contribution is 9.08. The number of furan rings is 1. The summed E-state index contributed by atoms with van der Waals surface area (Å²) in [5, 5.41) is 1.46. The molecule has 0 fully saturated rings. The second-order valence-corrected chi connectivity index (χ2v) is 6.83. The number of hydrogen-bond donors (Lipinski definition) is 0. The molecule has 1 aromatic heterocycles. The highest BCUT2D eigenvalue weighted by Crippen LogP contribution is 2.28. The van der Waals surface area contributed by atoms with Gasteiger partial charge < -0.3 is 4.42 Å². The van der Waals surface area contributed by atoms with Crippen LogP contribution in [-0.2, 0) is 15.2 Å². The first-order chi connectivity index (χ1) is 9.61. The summed E-state index contributed by atoms with van der Waals surface area (Å²) in [5.41, 5.74) is 1.62. The zero-order valence-corrected chi connectivity index (χ0v) is 12.8. The van der Waals surface area contributed by atoms with Gasteiger partial charge in [0.1, 0.15) is 5.58 Å². The van der Waals surface area contributed by atoms with E-state index in [4.69, 9.17) is 4.42 Å². The molecule has 0 atom stereocenters. The van der Waals surface area contributed by atoms with Crippen molar-refractivity contribution in [3.05, 3.63) is 60.2 Å². The molecule has 0 saturated heterocycles. The van der Waals surface area contributed by atoms with Crippen LogP contribution < -0.4 is 0 Å². The minimum atomic E-state index is -3.60.